The van der Waals surface area contributed by atoms with E-state index >= 15 is 0 Å². The second kappa shape index (κ2) is 3.14. The first kappa shape index (κ1) is 8.75. The lowest BCUT2D eigenvalue weighted by Crippen LogP contribution is -2.20. The first-order chi connectivity index (χ1) is 6.20. The van der Waals surface area contributed by atoms with Gasteiger partial charge in [0.2, 0.25) is 0 Å². The molecule has 2 nitrogen and oxygen atoms in total. The maximum absolute atomic E-state index is 11.7. The summed E-state index contributed by atoms with van der Waals surface area (Å²) in [6, 6.07) is 4.11. The Kier molecular flexibility index (Phi) is 2.12. The van der Waals surface area contributed by atoms with Gasteiger partial charge in [0, 0.05) is 12.3 Å². The van der Waals surface area contributed by atoms with Gasteiger partial charge in [-0.25, -0.2) is 0 Å². The zero-order chi connectivity index (χ0) is 9.42. The summed E-state index contributed by atoms with van der Waals surface area (Å²) >= 11 is 0. The van der Waals surface area contributed by atoms with Gasteiger partial charge < -0.3 is 5.32 Å². The molecule has 1 aliphatic heterocycles. The first-order valence-electron chi connectivity index (χ1n) is 4.42. The summed E-state index contributed by atoms with van der Waals surface area (Å²) in [7, 11) is -0.799. The molecular weight excluding hydrogens is 182 g/mol. The van der Waals surface area contributed by atoms with Crippen LogP contribution < -0.4 is 5.32 Å². The summed E-state index contributed by atoms with van der Waals surface area (Å²) in [6.07, 6.45) is 0. The van der Waals surface area contributed by atoms with Crippen LogP contribution in [0.3, 0.4) is 0 Å². The topological polar surface area (TPSA) is 29.1 Å². The largest absolute Gasteiger partial charge is 0.383 e. The fourth-order valence-corrected chi connectivity index (χ4v) is 3.05. The maximum atomic E-state index is 11.7. The van der Waals surface area contributed by atoms with Gasteiger partial charge in [-0.05, 0) is 25.0 Å². The van der Waals surface area contributed by atoms with Gasteiger partial charge in [0.15, 0.2) is 0 Å². The Morgan fingerprint density at radius 3 is 2.69 bits per heavy atom. The van der Waals surface area contributed by atoms with Crippen LogP contribution in [0.25, 0.3) is 0 Å². The van der Waals surface area contributed by atoms with Crippen molar-refractivity contribution < 1.29 is 4.21 Å². The van der Waals surface area contributed by atoms with E-state index in [1.165, 1.54) is 5.56 Å². The van der Waals surface area contributed by atoms with E-state index in [0.717, 1.165) is 28.4 Å². The van der Waals surface area contributed by atoms with Crippen LogP contribution in [-0.2, 0) is 10.8 Å². The molecule has 0 bridgehead atoms. The molecule has 1 aromatic carbocycles. The third kappa shape index (κ3) is 1.37. The smallest absolute Gasteiger partial charge is 0.0652 e. The van der Waals surface area contributed by atoms with Gasteiger partial charge in [0.05, 0.1) is 21.4 Å². The zero-order valence-electron chi connectivity index (χ0n) is 7.89. The molecular formula is C10H13NOS. The monoisotopic (exact) mass is 195 g/mol. The summed E-state index contributed by atoms with van der Waals surface area (Å²) in [5.74, 6) is 0.733. The molecule has 2 rings (SSSR count). The summed E-state index contributed by atoms with van der Waals surface area (Å²) < 4.78 is 11.7. The average Bonchev–Trinajstić information content (AvgIpc) is 2.12. The summed E-state index contributed by atoms with van der Waals surface area (Å²) in [4.78, 5) is 1.01. The molecule has 1 heterocycles. The molecule has 1 N–H and O–H groups in total. The second-order valence-electron chi connectivity index (χ2n) is 3.38. The Morgan fingerprint density at radius 1 is 1.31 bits per heavy atom. The number of hydrogen-bond donors (Lipinski definition) is 1. The van der Waals surface area contributed by atoms with Crippen molar-refractivity contribution in [2.24, 2.45) is 0 Å². The third-order valence-corrected chi connectivity index (χ3v) is 3.94. The summed E-state index contributed by atoms with van der Waals surface area (Å²) in [5.41, 5.74) is 3.41. The van der Waals surface area contributed by atoms with Gasteiger partial charge in [-0.1, -0.05) is 12.1 Å². The van der Waals surface area contributed by atoms with Crippen LogP contribution in [0.15, 0.2) is 17.0 Å². The lowest BCUT2D eigenvalue weighted by molar-refractivity contribution is 0.681. The Hall–Kier alpha value is -0.830. The highest BCUT2D eigenvalue weighted by molar-refractivity contribution is 7.85. The van der Waals surface area contributed by atoms with Crippen molar-refractivity contribution in [1.29, 1.82) is 0 Å². The van der Waals surface area contributed by atoms with Crippen LogP contribution in [-0.4, -0.2) is 16.5 Å². The molecule has 70 valence electrons. The molecule has 0 aromatic heterocycles. The molecule has 0 fully saturated rings. The van der Waals surface area contributed by atoms with Crippen LogP contribution in [0, 0.1) is 13.8 Å². The fourth-order valence-electron chi connectivity index (χ4n) is 1.67. The number of benzene rings is 1. The molecule has 0 radical (unpaired) electrons. The molecule has 13 heavy (non-hydrogen) atoms. The van der Waals surface area contributed by atoms with Crippen molar-refractivity contribution in [1.82, 2.24) is 0 Å². The Labute approximate surface area is 80.8 Å². The quantitative estimate of drug-likeness (QED) is 0.684. The number of aryl methyl sites for hydroxylation is 2. The SMILES string of the molecule is Cc1ccc(C)c2c1NCCS2=O. The van der Waals surface area contributed by atoms with E-state index in [4.69, 9.17) is 0 Å². The van der Waals surface area contributed by atoms with Crippen molar-refractivity contribution in [3.63, 3.8) is 0 Å². The molecule has 0 amide bonds. The Bertz CT molecular complexity index is 373. The average molecular weight is 195 g/mol. The number of fused-ring (bicyclic) bond motifs is 1. The number of rotatable bonds is 0. The predicted octanol–water partition coefficient (Wildman–Crippen LogP) is 1.84. The highest BCUT2D eigenvalue weighted by Gasteiger charge is 2.18. The normalized spacial score (nSPS) is 20.6. The van der Waals surface area contributed by atoms with E-state index in [0.29, 0.717) is 0 Å². The van der Waals surface area contributed by atoms with Gasteiger partial charge in [-0.2, -0.15) is 0 Å². The first-order valence-corrected chi connectivity index (χ1v) is 5.74. The van der Waals surface area contributed by atoms with Crippen molar-refractivity contribution in [3.05, 3.63) is 23.3 Å². The van der Waals surface area contributed by atoms with Crippen molar-refractivity contribution in [2.45, 2.75) is 18.7 Å². The number of nitrogens with one attached hydrogen (secondary N) is 1. The van der Waals surface area contributed by atoms with E-state index in [2.05, 4.69) is 11.4 Å². The summed E-state index contributed by atoms with van der Waals surface area (Å²) in [6.45, 7) is 4.89. The van der Waals surface area contributed by atoms with Crippen molar-refractivity contribution in [3.8, 4) is 0 Å². The molecule has 3 heteroatoms. The molecule has 1 atom stereocenters. The van der Waals surface area contributed by atoms with Gasteiger partial charge in [0.25, 0.3) is 0 Å². The molecule has 0 aliphatic carbocycles. The molecule has 0 saturated carbocycles. The molecule has 1 unspecified atom stereocenters. The van der Waals surface area contributed by atoms with Crippen molar-refractivity contribution >= 4 is 16.5 Å². The van der Waals surface area contributed by atoms with Crippen LogP contribution in [0.5, 0.6) is 0 Å². The fraction of sp³-hybridized carbons (Fsp3) is 0.400. The summed E-state index contributed by atoms with van der Waals surface area (Å²) in [5, 5.41) is 3.31. The van der Waals surface area contributed by atoms with Gasteiger partial charge in [-0.15, -0.1) is 0 Å². The van der Waals surface area contributed by atoms with Crippen LogP contribution in [0.2, 0.25) is 0 Å². The number of anilines is 1. The van der Waals surface area contributed by atoms with Gasteiger partial charge in [0.1, 0.15) is 0 Å². The van der Waals surface area contributed by atoms with Crippen molar-refractivity contribution in [2.75, 3.05) is 17.6 Å². The van der Waals surface area contributed by atoms with E-state index in [9.17, 15) is 4.21 Å². The van der Waals surface area contributed by atoms with E-state index in [1.807, 2.05) is 19.9 Å². The molecule has 1 aliphatic rings. The van der Waals surface area contributed by atoms with Crippen LogP contribution in [0.1, 0.15) is 11.1 Å². The minimum atomic E-state index is -0.799. The minimum Gasteiger partial charge on any atom is -0.383 e. The van der Waals surface area contributed by atoms with E-state index < -0.39 is 10.8 Å². The lowest BCUT2D eigenvalue weighted by atomic mass is 10.1. The molecule has 0 saturated heterocycles. The van der Waals surface area contributed by atoms with E-state index in [1.54, 1.807) is 0 Å². The Balaban J connectivity index is 2.67. The minimum absolute atomic E-state index is 0.733. The lowest BCUT2D eigenvalue weighted by Gasteiger charge is -2.21. The maximum Gasteiger partial charge on any atom is 0.0652 e. The predicted molar refractivity (Wildman–Crippen MR) is 55.7 cm³/mol. The highest BCUT2D eigenvalue weighted by Crippen LogP contribution is 2.29. The van der Waals surface area contributed by atoms with Gasteiger partial charge in [-0.3, -0.25) is 4.21 Å². The van der Waals surface area contributed by atoms with E-state index in [-0.39, 0.29) is 0 Å². The third-order valence-electron chi connectivity index (χ3n) is 2.38. The number of hydrogen-bond acceptors (Lipinski definition) is 2. The zero-order valence-corrected chi connectivity index (χ0v) is 8.70. The standard InChI is InChI=1S/C10H13NOS/c1-7-3-4-8(2)10-9(7)11-5-6-13(10)12/h3-4,11H,5-6H2,1-2H3. The van der Waals surface area contributed by atoms with Gasteiger partial charge >= 0.3 is 0 Å². The highest BCUT2D eigenvalue weighted by atomic mass is 32.2. The molecule has 0 spiro atoms. The van der Waals surface area contributed by atoms with Crippen LogP contribution >= 0.6 is 0 Å². The molecule has 1 aromatic rings. The Morgan fingerprint density at radius 2 is 2.00 bits per heavy atom. The van der Waals surface area contributed by atoms with Crippen LogP contribution in [0.4, 0.5) is 5.69 Å². The second-order valence-corrected chi connectivity index (χ2v) is 4.89.